The minimum atomic E-state index is 0.395. The highest BCUT2D eigenvalue weighted by molar-refractivity contribution is 5.24. The Morgan fingerprint density at radius 3 is 2.91 bits per heavy atom. The Labute approximate surface area is 132 Å². The smallest absolute Gasteiger partial charge is 0.0826 e. The molecule has 2 aliphatic carbocycles. The summed E-state index contributed by atoms with van der Waals surface area (Å²) in [5.74, 6) is 0. The van der Waals surface area contributed by atoms with Crippen molar-refractivity contribution < 1.29 is 0 Å². The summed E-state index contributed by atoms with van der Waals surface area (Å²) in [5.41, 5.74) is 3.99. The summed E-state index contributed by atoms with van der Waals surface area (Å²) < 4.78 is 2.27. The molecule has 1 N–H and O–H groups in total. The Kier molecular flexibility index (Phi) is 3.94. The zero-order chi connectivity index (χ0) is 14.8. The van der Waals surface area contributed by atoms with Gasteiger partial charge in [0, 0.05) is 25.1 Å². The Hall–Kier alpha value is -1.68. The zero-order valence-electron chi connectivity index (χ0n) is 13.0. The molecule has 1 atom stereocenters. The van der Waals surface area contributed by atoms with E-state index in [1.807, 2.05) is 18.5 Å². The summed E-state index contributed by atoms with van der Waals surface area (Å²) in [4.78, 5) is 4.19. The third-order valence-corrected chi connectivity index (χ3v) is 5.08. The fourth-order valence-corrected chi connectivity index (χ4v) is 3.86. The van der Waals surface area contributed by atoms with E-state index in [0.717, 1.165) is 6.54 Å². The van der Waals surface area contributed by atoms with Gasteiger partial charge in [0.25, 0.3) is 0 Å². The number of aromatic nitrogens is 3. The molecule has 0 amide bonds. The molecular formula is C18H24N4. The number of rotatable bonds is 4. The van der Waals surface area contributed by atoms with Crippen LogP contribution in [0.4, 0.5) is 0 Å². The molecule has 4 rings (SSSR count). The van der Waals surface area contributed by atoms with Crippen molar-refractivity contribution in [2.24, 2.45) is 0 Å². The average molecular weight is 296 g/mol. The molecule has 2 aromatic rings. The lowest BCUT2D eigenvalue weighted by Gasteiger charge is -2.22. The largest absolute Gasteiger partial charge is 0.304 e. The molecule has 0 spiro atoms. The molecular weight excluding hydrogens is 272 g/mol. The van der Waals surface area contributed by atoms with Gasteiger partial charge in [0.2, 0.25) is 0 Å². The molecule has 1 fully saturated rings. The van der Waals surface area contributed by atoms with Crippen LogP contribution in [-0.4, -0.2) is 14.8 Å². The molecule has 4 nitrogen and oxygen atoms in total. The summed E-state index contributed by atoms with van der Waals surface area (Å²) in [6.07, 6.45) is 15.0. The molecule has 22 heavy (non-hydrogen) atoms. The summed E-state index contributed by atoms with van der Waals surface area (Å²) in [7, 11) is 0. The van der Waals surface area contributed by atoms with Crippen molar-refractivity contribution in [2.45, 2.75) is 63.6 Å². The van der Waals surface area contributed by atoms with E-state index >= 15 is 0 Å². The number of hydrogen-bond donors (Lipinski definition) is 1. The van der Waals surface area contributed by atoms with E-state index in [0.29, 0.717) is 12.1 Å². The maximum Gasteiger partial charge on any atom is 0.0826 e. The van der Waals surface area contributed by atoms with Crippen LogP contribution in [0.25, 0.3) is 0 Å². The SMILES string of the molecule is c1cncc(CN[C@@H]2CCCc3cn(C4CCCC4)nc32)c1. The lowest BCUT2D eigenvalue weighted by molar-refractivity contribution is 0.427. The zero-order valence-corrected chi connectivity index (χ0v) is 13.0. The first kappa shape index (κ1) is 13.9. The van der Waals surface area contributed by atoms with Gasteiger partial charge in [-0.15, -0.1) is 0 Å². The van der Waals surface area contributed by atoms with E-state index in [9.17, 15) is 0 Å². The molecule has 0 aliphatic heterocycles. The first-order chi connectivity index (χ1) is 10.9. The first-order valence-electron chi connectivity index (χ1n) is 8.60. The number of fused-ring (bicyclic) bond motifs is 1. The third kappa shape index (κ3) is 2.80. The van der Waals surface area contributed by atoms with Crippen molar-refractivity contribution in [1.29, 1.82) is 0 Å². The Morgan fingerprint density at radius 1 is 1.18 bits per heavy atom. The molecule has 4 heteroatoms. The van der Waals surface area contributed by atoms with Crippen molar-refractivity contribution in [3.05, 3.63) is 47.5 Å². The van der Waals surface area contributed by atoms with E-state index in [-0.39, 0.29) is 0 Å². The van der Waals surface area contributed by atoms with Crippen LogP contribution in [0.15, 0.2) is 30.7 Å². The van der Waals surface area contributed by atoms with Crippen LogP contribution in [0.2, 0.25) is 0 Å². The average Bonchev–Trinajstić information content (AvgIpc) is 3.22. The predicted octanol–water partition coefficient (Wildman–Crippen LogP) is 3.56. The van der Waals surface area contributed by atoms with Crippen LogP contribution >= 0.6 is 0 Å². The topological polar surface area (TPSA) is 42.7 Å². The maximum atomic E-state index is 4.97. The van der Waals surface area contributed by atoms with Crippen LogP contribution < -0.4 is 5.32 Å². The van der Waals surface area contributed by atoms with Gasteiger partial charge in [-0.2, -0.15) is 5.10 Å². The fraction of sp³-hybridized carbons (Fsp3) is 0.556. The summed E-state index contributed by atoms with van der Waals surface area (Å²) in [6, 6.07) is 5.16. The normalized spacial score (nSPS) is 21.9. The highest BCUT2D eigenvalue weighted by Crippen LogP contribution is 2.33. The Morgan fingerprint density at radius 2 is 2.09 bits per heavy atom. The Balaban J connectivity index is 1.49. The highest BCUT2D eigenvalue weighted by Gasteiger charge is 2.26. The van der Waals surface area contributed by atoms with Gasteiger partial charge in [-0.25, -0.2) is 0 Å². The van der Waals surface area contributed by atoms with Crippen LogP contribution in [0.1, 0.15) is 67.4 Å². The second-order valence-corrected chi connectivity index (χ2v) is 6.64. The number of hydrogen-bond acceptors (Lipinski definition) is 3. The van der Waals surface area contributed by atoms with Crippen LogP contribution in [0.5, 0.6) is 0 Å². The van der Waals surface area contributed by atoms with Gasteiger partial charge in [0.15, 0.2) is 0 Å². The molecule has 116 valence electrons. The van der Waals surface area contributed by atoms with E-state index in [1.165, 1.54) is 61.8 Å². The van der Waals surface area contributed by atoms with Gasteiger partial charge in [0.1, 0.15) is 0 Å². The van der Waals surface area contributed by atoms with Gasteiger partial charge in [0.05, 0.1) is 17.8 Å². The van der Waals surface area contributed by atoms with E-state index < -0.39 is 0 Å². The standard InChI is InChI=1S/C18H24N4/c1-2-8-16(7-1)22-13-15-6-3-9-17(18(15)21-22)20-12-14-5-4-10-19-11-14/h4-5,10-11,13,16-17,20H,1-3,6-9,12H2/t17-/m1/s1. The van der Waals surface area contributed by atoms with Crippen molar-refractivity contribution in [3.63, 3.8) is 0 Å². The van der Waals surface area contributed by atoms with Gasteiger partial charge >= 0.3 is 0 Å². The maximum absolute atomic E-state index is 4.97. The van der Waals surface area contributed by atoms with Crippen molar-refractivity contribution in [3.8, 4) is 0 Å². The number of nitrogens with one attached hydrogen (secondary N) is 1. The van der Waals surface area contributed by atoms with E-state index in [4.69, 9.17) is 5.10 Å². The highest BCUT2D eigenvalue weighted by atomic mass is 15.3. The molecule has 0 saturated heterocycles. The van der Waals surface area contributed by atoms with Gasteiger partial charge < -0.3 is 5.32 Å². The predicted molar refractivity (Wildman–Crippen MR) is 86.5 cm³/mol. The van der Waals surface area contributed by atoms with Crippen LogP contribution in [0, 0.1) is 0 Å². The number of aryl methyl sites for hydroxylation is 1. The van der Waals surface area contributed by atoms with E-state index in [2.05, 4.69) is 27.2 Å². The molecule has 2 aromatic heterocycles. The van der Waals surface area contributed by atoms with Gasteiger partial charge in [-0.3, -0.25) is 9.67 Å². The molecule has 0 unspecified atom stereocenters. The van der Waals surface area contributed by atoms with Gasteiger partial charge in [-0.05, 0) is 49.3 Å². The van der Waals surface area contributed by atoms with Crippen molar-refractivity contribution >= 4 is 0 Å². The third-order valence-electron chi connectivity index (χ3n) is 5.08. The summed E-state index contributed by atoms with van der Waals surface area (Å²) in [6.45, 7) is 0.869. The summed E-state index contributed by atoms with van der Waals surface area (Å²) >= 11 is 0. The fourth-order valence-electron chi connectivity index (χ4n) is 3.86. The molecule has 0 aromatic carbocycles. The number of pyridine rings is 1. The Bertz CT molecular complexity index is 613. The minimum Gasteiger partial charge on any atom is -0.304 e. The monoisotopic (exact) mass is 296 g/mol. The molecule has 1 saturated carbocycles. The lowest BCUT2D eigenvalue weighted by atomic mass is 9.93. The quantitative estimate of drug-likeness (QED) is 0.938. The lowest BCUT2D eigenvalue weighted by Crippen LogP contribution is -2.25. The summed E-state index contributed by atoms with van der Waals surface area (Å²) in [5, 5.41) is 8.65. The van der Waals surface area contributed by atoms with Crippen molar-refractivity contribution in [1.82, 2.24) is 20.1 Å². The molecule has 0 radical (unpaired) electrons. The molecule has 2 heterocycles. The van der Waals surface area contributed by atoms with Crippen LogP contribution in [0.3, 0.4) is 0 Å². The van der Waals surface area contributed by atoms with E-state index in [1.54, 1.807) is 0 Å². The second kappa shape index (κ2) is 6.21. The second-order valence-electron chi connectivity index (χ2n) is 6.64. The van der Waals surface area contributed by atoms with Crippen LogP contribution in [-0.2, 0) is 13.0 Å². The van der Waals surface area contributed by atoms with Crippen molar-refractivity contribution in [2.75, 3.05) is 0 Å². The molecule has 2 aliphatic rings. The minimum absolute atomic E-state index is 0.395. The molecule has 0 bridgehead atoms. The first-order valence-corrected chi connectivity index (χ1v) is 8.60. The van der Waals surface area contributed by atoms with Gasteiger partial charge in [-0.1, -0.05) is 18.9 Å². The number of nitrogens with zero attached hydrogens (tertiary/aromatic N) is 3.